The Balaban J connectivity index is 1.09. The normalized spacial score (nSPS) is 14.7. The van der Waals surface area contributed by atoms with Crippen LogP contribution in [-0.4, -0.2) is 50.1 Å². The minimum atomic E-state index is 0.0150. The van der Waals surface area contributed by atoms with Crippen molar-refractivity contribution in [2.24, 2.45) is 0 Å². The summed E-state index contributed by atoms with van der Waals surface area (Å²) in [5.41, 5.74) is 1.79. The summed E-state index contributed by atoms with van der Waals surface area (Å²) in [7, 11) is 0. The Hall–Kier alpha value is -2.31. The Morgan fingerprint density at radius 1 is 0.882 bits per heavy atom. The highest BCUT2D eigenvalue weighted by Gasteiger charge is 2.19. The van der Waals surface area contributed by atoms with Gasteiger partial charge >= 0.3 is 0 Å². The first-order chi connectivity index (χ1) is 16.6. The SMILES string of the molecule is O=C(NCCCCN1CCN(c2cccc(Cl)c2Cl)CC1)c1cccc2sc3ccccc3c12. The van der Waals surface area contributed by atoms with Gasteiger partial charge in [0.25, 0.3) is 5.91 Å². The topological polar surface area (TPSA) is 35.6 Å². The van der Waals surface area contributed by atoms with Crippen LogP contribution >= 0.6 is 34.5 Å². The number of halogens is 2. The van der Waals surface area contributed by atoms with E-state index in [1.54, 1.807) is 11.3 Å². The van der Waals surface area contributed by atoms with Crippen LogP contribution in [0.25, 0.3) is 20.2 Å². The Labute approximate surface area is 214 Å². The fourth-order valence-corrected chi connectivity index (χ4v) is 6.22. The number of hydrogen-bond acceptors (Lipinski definition) is 4. The van der Waals surface area contributed by atoms with Gasteiger partial charge in [0.15, 0.2) is 0 Å². The van der Waals surface area contributed by atoms with E-state index in [4.69, 9.17) is 23.2 Å². The van der Waals surface area contributed by atoms with E-state index in [-0.39, 0.29) is 5.91 Å². The fourth-order valence-electron chi connectivity index (χ4n) is 4.67. The maximum absolute atomic E-state index is 12.9. The van der Waals surface area contributed by atoms with Crippen LogP contribution in [-0.2, 0) is 0 Å². The van der Waals surface area contributed by atoms with Crippen molar-refractivity contribution in [1.29, 1.82) is 0 Å². The van der Waals surface area contributed by atoms with Crippen molar-refractivity contribution in [3.63, 3.8) is 0 Å². The highest BCUT2D eigenvalue weighted by Crippen LogP contribution is 2.36. The molecule has 0 spiro atoms. The maximum Gasteiger partial charge on any atom is 0.251 e. The number of unbranched alkanes of at least 4 members (excludes halogenated alkanes) is 1. The minimum absolute atomic E-state index is 0.0150. The molecule has 2 heterocycles. The highest BCUT2D eigenvalue weighted by atomic mass is 35.5. The van der Waals surface area contributed by atoms with E-state index in [0.29, 0.717) is 16.6 Å². The van der Waals surface area contributed by atoms with E-state index in [9.17, 15) is 4.79 Å². The van der Waals surface area contributed by atoms with Crippen LogP contribution in [0.3, 0.4) is 0 Å². The van der Waals surface area contributed by atoms with Gasteiger partial charge in [-0.2, -0.15) is 0 Å². The monoisotopic (exact) mass is 511 g/mol. The summed E-state index contributed by atoms with van der Waals surface area (Å²) in [4.78, 5) is 17.7. The molecule has 0 bridgehead atoms. The second-order valence-corrected chi connectivity index (χ2v) is 10.5. The van der Waals surface area contributed by atoms with Gasteiger partial charge in [-0.3, -0.25) is 9.69 Å². The lowest BCUT2D eigenvalue weighted by molar-refractivity contribution is 0.0954. The van der Waals surface area contributed by atoms with Gasteiger partial charge in [-0.05, 0) is 49.7 Å². The first kappa shape index (κ1) is 23.4. The molecule has 0 atom stereocenters. The summed E-state index contributed by atoms with van der Waals surface area (Å²) in [5.74, 6) is 0.0150. The maximum atomic E-state index is 12.9. The van der Waals surface area contributed by atoms with Crippen LogP contribution in [0, 0.1) is 0 Å². The Kier molecular flexibility index (Phi) is 7.26. The molecule has 176 valence electrons. The average molecular weight is 513 g/mol. The van der Waals surface area contributed by atoms with Crippen LogP contribution in [0.15, 0.2) is 60.7 Å². The summed E-state index contributed by atoms with van der Waals surface area (Å²) >= 11 is 14.3. The predicted molar refractivity (Wildman–Crippen MR) is 146 cm³/mol. The number of benzene rings is 3. The van der Waals surface area contributed by atoms with Gasteiger partial charge in [0.2, 0.25) is 0 Å². The smallest absolute Gasteiger partial charge is 0.251 e. The van der Waals surface area contributed by atoms with Crippen molar-refractivity contribution in [2.45, 2.75) is 12.8 Å². The fraction of sp³-hybridized carbons (Fsp3) is 0.296. The number of hydrogen-bond donors (Lipinski definition) is 1. The van der Waals surface area contributed by atoms with Crippen molar-refractivity contribution >= 4 is 66.3 Å². The van der Waals surface area contributed by atoms with Crippen LogP contribution in [0.2, 0.25) is 10.0 Å². The molecule has 1 aliphatic rings. The standard InChI is InChI=1S/C27H27Cl2N3OS/c28-21-9-6-10-22(26(21)29)32-17-15-31(16-18-32)14-4-3-13-30-27(33)20-8-5-12-24-25(20)19-7-1-2-11-23(19)34-24/h1-2,5-12H,3-4,13-18H2,(H,30,33). The number of nitrogens with one attached hydrogen (secondary N) is 1. The predicted octanol–water partition coefficient (Wildman–Crippen LogP) is 6.69. The van der Waals surface area contributed by atoms with Crippen molar-refractivity contribution in [1.82, 2.24) is 10.2 Å². The average Bonchev–Trinajstić information content (AvgIpc) is 3.25. The second-order valence-electron chi connectivity index (χ2n) is 8.64. The molecule has 5 rings (SSSR count). The quantitative estimate of drug-likeness (QED) is 0.280. The number of nitrogens with zero attached hydrogens (tertiary/aromatic N) is 2. The summed E-state index contributed by atoms with van der Waals surface area (Å²) in [6, 6.07) is 20.1. The Morgan fingerprint density at radius 3 is 2.50 bits per heavy atom. The largest absolute Gasteiger partial charge is 0.368 e. The summed E-state index contributed by atoms with van der Waals surface area (Å²) in [6.45, 7) is 5.61. The first-order valence-electron chi connectivity index (χ1n) is 11.7. The summed E-state index contributed by atoms with van der Waals surface area (Å²) < 4.78 is 2.38. The van der Waals surface area contributed by atoms with E-state index in [1.807, 2.05) is 42.5 Å². The van der Waals surface area contributed by atoms with Crippen molar-refractivity contribution in [3.05, 3.63) is 76.3 Å². The van der Waals surface area contributed by atoms with Gasteiger partial charge < -0.3 is 10.2 Å². The molecule has 4 nitrogen and oxygen atoms in total. The van der Waals surface area contributed by atoms with E-state index < -0.39 is 0 Å². The summed E-state index contributed by atoms with van der Waals surface area (Å²) in [6.07, 6.45) is 2.02. The van der Waals surface area contributed by atoms with Crippen molar-refractivity contribution in [2.75, 3.05) is 44.2 Å². The molecule has 1 aliphatic heterocycles. The van der Waals surface area contributed by atoms with Gasteiger partial charge in [0.05, 0.1) is 15.7 Å². The number of piperazine rings is 1. The van der Waals surface area contributed by atoms with Gasteiger partial charge in [-0.25, -0.2) is 0 Å². The van der Waals surface area contributed by atoms with Crippen LogP contribution < -0.4 is 10.2 Å². The lowest BCUT2D eigenvalue weighted by atomic mass is 10.1. The highest BCUT2D eigenvalue weighted by molar-refractivity contribution is 7.25. The minimum Gasteiger partial charge on any atom is -0.368 e. The molecule has 1 saturated heterocycles. The zero-order valence-corrected chi connectivity index (χ0v) is 21.2. The molecular weight excluding hydrogens is 485 g/mol. The molecule has 1 N–H and O–H groups in total. The van der Waals surface area contributed by atoms with Crippen molar-refractivity contribution < 1.29 is 4.79 Å². The third-order valence-electron chi connectivity index (χ3n) is 6.48. The molecule has 0 radical (unpaired) electrons. The molecule has 3 aromatic carbocycles. The molecule has 1 amide bonds. The molecule has 7 heteroatoms. The number of fused-ring (bicyclic) bond motifs is 3. The number of rotatable bonds is 7. The molecule has 0 saturated carbocycles. The molecule has 4 aromatic rings. The molecule has 1 aromatic heterocycles. The van der Waals surface area contributed by atoms with Crippen LogP contribution in [0.1, 0.15) is 23.2 Å². The van der Waals surface area contributed by atoms with Crippen LogP contribution in [0.4, 0.5) is 5.69 Å². The first-order valence-corrected chi connectivity index (χ1v) is 13.3. The molecular formula is C27H27Cl2N3OS. The van der Waals surface area contributed by atoms with E-state index in [1.165, 1.54) is 4.70 Å². The lowest BCUT2D eigenvalue weighted by Gasteiger charge is -2.36. The van der Waals surface area contributed by atoms with E-state index in [0.717, 1.165) is 72.3 Å². The third kappa shape index (κ3) is 4.89. The zero-order valence-electron chi connectivity index (χ0n) is 18.9. The number of amides is 1. The molecule has 0 unspecified atom stereocenters. The number of carbonyl (C=O) groups is 1. The summed E-state index contributed by atoms with van der Waals surface area (Å²) in [5, 5.41) is 6.60. The zero-order chi connectivity index (χ0) is 23.5. The van der Waals surface area contributed by atoms with Gasteiger partial charge in [-0.15, -0.1) is 11.3 Å². The van der Waals surface area contributed by atoms with Gasteiger partial charge in [0.1, 0.15) is 0 Å². The van der Waals surface area contributed by atoms with Crippen LogP contribution in [0.5, 0.6) is 0 Å². The Morgan fingerprint density at radius 2 is 1.65 bits per heavy atom. The molecule has 34 heavy (non-hydrogen) atoms. The number of carbonyl (C=O) groups excluding carboxylic acids is 1. The van der Waals surface area contributed by atoms with Gasteiger partial charge in [-0.1, -0.05) is 53.5 Å². The lowest BCUT2D eigenvalue weighted by Crippen LogP contribution is -2.46. The van der Waals surface area contributed by atoms with E-state index >= 15 is 0 Å². The third-order valence-corrected chi connectivity index (χ3v) is 8.42. The Bertz CT molecular complexity index is 1310. The molecule has 1 fully saturated rings. The van der Waals surface area contributed by atoms with Crippen molar-refractivity contribution in [3.8, 4) is 0 Å². The number of anilines is 1. The van der Waals surface area contributed by atoms with E-state index in [2.05, 4.69) is 33.3 Å². The number of thiophene rings is 1. The second kappa shape index (κ2) is 10.5. The van der Waals surface area contributed by atoms with Gasteiger partial charge in [0, 0.05) is 58.5 Å². The molecule has 0 aliphatic carbocycles.